The first-order valence-corrected chi connectivity index (χ1v) is 11.4. The zero-order valence-electron chi connectivity index (χ0n) is 16.2. The Hall–Kier alpha value is -1.70. The van der Waals surface area contributed by atoms with E-state index in [9.17, 15) is 13.2 Å². The first-order valence-electron chi connectivity index (χ1n) is 9.09. The van der Waals surface area contributed by atoms with Crippen molar-refractivity contribution in [1.29, 1.82) is 0 Å². The Morgan fingerprint density at radius 1 is 1.26 bits per heavy atom. The van der Waals surface area contributed by atoms with Crippen LogP contribution in [-0.4, -0.2) is 43.2 Å². The summed E-state index contributed by atoms with van der Waals surface area (Å²) in [6.07, 6.45) is 1.27. The molecule has 7 heteroatoms. The predicted octanol–water partition coefficient (Wildman–Crippen LogP) is 3.49. The van der Waals surface area contributed by atoms with Crippen LogP contribution in [0, 0.1) is 20.8 Å². The number of carbonyl (C=O) groups excluding carboxylic acids is 1. The molecule has 146 valence electrons. The van der Waals surface area contributed by atoms with E-state index in [1.54, 1.807) is 23.3 Å². The number of nitrogens with zero attached hydrogens (tertiary/aromatic N) is 2. The minimum atomic E-state index is -3.72. The summed E-state index contributed by atoms with van der Waals surface area (Å²) in [5, 5.41) is 1.98. The molecule has 3 rings (SSSR count). The first kappa shape index (κ1) is 20.0. The Morgan fingerprint density at radius 3 is 2.52 bits per heavy atom. The van der Waals surface area contributed by atoms with Crippen molar-refractivity contribution in [3.63, 3.8) is 0 Å². The summed E-state index contributed by atoms with van der Waals surface area (Å²) in [5.41, 5.74) is 2.50. The van der Waals surface area contributed by atoms with Crippen LogP contribution in [0.3, 0.4) is 0 Å². The molecule has 2 heterocycles. The lowest BCUT2D eigenvalue weighted by Gasteiger charge is -2.28. The van der Waals surface area contributed by atoms with Gasteiger partial charge in [0.1, 0.15) is 6.04 Å². The highest BCUT2D eigenvalue weighted by molar-refractivity contribution is 7.89. The number of carbonyl (C=O) groups is 1. The third-order valence-corrected chi connectivity index (χ3v) is 8.08. The van der Waals surface area contributed by atoms with Crippen molar-refractivity contribution in [1.82, 2.24) is 9.21 Å². The predicted molar refractivity (Wildman–Crippen MR) is 108 cm³/mol. The van der Waals surface area contributed by atoms with E-state index in [-0.39, 0.29) is 5.91 Å². The normalized spacial score (nSPS) is 18.0. The quantitative estimate of drug-likeness (QED) is 0.764. The van der Waals surface area contributed by atoms with Crippen molar-refractivity contribution < 1.29 is 13.2 Å². The number of rotatable bonds is 5. The lowest BCUT2D eigenvalue weighted by atomic mass is 10.1. The molecule has 0 spiro atoms. The van der Waals surface area contributed by atoms with Crippen molar-refractivity contribution in [3.8, 4) is 0 Å². The summed E-state index contributed by atoms with van der Waals surface area (Å²) in [4.78, 5) is 16.1. The van der Waals surface area contributed by atoms with Crippen molar-refractivity contribution in [3.05, 3.63) is 51.2 Å². The Morgan fingerprint density at radius 2 is 1.93 bits per heavy atom. The molecular formula is C20H26N2O3S2. The second kappa shape index (κ2) is 7.73. The van der Waals surface area contributed by atoms with Gasteiger partial charge in [-0.3, -0.25) is 4.79 Å². The number of benzene rings is 1. The number of sulfonamides is 1. The molecule has 1 aromatic heterocycles. The molecule has 0 bridgehead atoms. The van der Waals surface area contributed by atoms with E-state index >= 15 is 0 Å². The second-order valence-electron chi connectivity index (χ2n) is 7.28. The molecule has 0 N–H and O–H groups in total. The van der Waals surface area contributed by atoms with E-state index < -0.39 is 16.1 Å². The topological polar surface area (TPSA) is 57.7 Å². The van der Waals surface area contributed by atoms with Gasteiger partial charge in [0.05, 0.1) is 11.4 Å². The highest BCUT2D eigenvalue weighted by Crippen LogP contribution is 2.31. The molecule has 1 aliphatic rings. The smallest absolute Gasteiger partial charge is 0.244 e. The molecule has 1 fully saturated rings. The number of likely N-dealkylation sites (N-methyl/N-ethyl adjacent to an activating group) is 1. The van der Waals surface area contributed by atoms with Crippen LogP contribution < -0.4 is 0 Å². The Bertz CT molecular complexity index is 913. The molecule has 1 saturated heterocycles. The van der Waals surface area contributed by atoms with Gasteiger partial charge in [-0.1, -0.05) is 23.8 Å². The number of thiophene rings is 1. The van der Waals surface area contributed by atoms with Crippen LogP contribution in [0.4, 0.5) is 0 Å². The fourth-order valence-corrected chi connectivity index (χ4v) is 6.76. The lowest BCUT2D eigenvalue weighted by Crippen LogP contribution is -2.46. The lowest BCUT2D eigenvalue weighted by molar-refractivity contribution is -0.133. The third-order valence-electron chi connectivity index (χ3n) is 5.01. The number of aryl methyl sites for hydroxylation is 3. The van der Waals surface area contributed by atoms with Crippen LogP contribution in [0.2, 0.25) is 0 Å². The maximum absolute atomic E-state index is 13.4. The molecule has 2 aromatic rings. The van der Waals surface area contributed by atoms with Crippen molar-refractivity contribution >= 4 is 27.3 Å². The summed E-state index contributed by atoms with van der Waals surface area (Å²) < 4.78 is 28.2. The maximum Gasteiger partial charge on any atom is 0.244 e. The zero-order valence-corrected chi connectivity index (χ0v) is 17.9. The van der Waals surface area contributed by atoms with Crippen LogP contribution in [-0.2, 0) is 21.4 Å². The van der Waals surface area contributed by atoms with Crippen LogP contribution in [0.5, 0.6) is 0 Å². The zero-order chi connectivity index (χ0) is 19.8. The molecule has 1 aromatic carbocycles. The maximum atomic E-state index is 13.4. The van der Waals surface area contributed by atoms with Crippen LogP contribution >= 0.6 is 11.3 Å². The van der Waals surface area contributed by atoms with Gasteiger partial charge >= 0.3 is 0 Å². The largest absolute Gasteiger partial charge is 0.339 e. The van der Waals surface area contributed by atoms with Gasteiger partial charge in [0.25, 0.3) is 0 Å². The minimum absolute atomic E-state index is 0.133. The van der Waals surface area contributed by atoms with Gasteiger partial charge in [-0.2, -0.15) is 4.31 Å². The van der Waals surface area contributed by atoms with Gasteiger partial charge in [0, 0.05) is 18.5 Å². The first-order chi connectivity index (χ1) is 12.7. The van der Waals surface area contributed by atoms with E-state index in [0.717, 1.165) is 21.6 Å². The standard InChI is InChI=1S/C20H26N2O3S2/c1-14-11-15(2)19(16(3)12-14)27(24,25)22-9-5-8-18(22)20(23)21(4)13-17-7-6-10-26-17/h6-7,10-12,18H,5,8-9,13H2,1-4H3. The monoisotopic (exact) mass is 406 g/mol. The van der Waals surface area contributed by atoms with E-state index in [1.807, 2.05) is 50.4 Å². The third kappa shape index (κ3) is 3.95. The molecule has 0 radical (unpaired) electrons. The van der Waals surface area contributed by atoms with Crippen molar-refractivity contribution in [2.45, 2.75) is 51.1 Å². The van der Waals surface area contributed by atoms with Gasteiger partial charge in [-0.05, 0) is 56.2 Å². The van der Waals surface area contributed by atoms with Crippen LogP contribution in [0.15, 0.2) is 34.5 Å². The van der Waals surface area contributed by atoms with E-state index in [4.69, 9.17) is 0 Å². The summed E-state index contributed by atoms with van der Waals surface area (Å²) in [5.74, 6) is -0.133. The second-order valence-corrected chi connectivity index (χ2v) is 10.1. The Balaban J connectivity index is 1.88. The summed E-state index contributed by atoms with van der Waals surface area (Å²) in [7, 11) is -1.97. The van der Waals surface area contributed by atoms with Gasteiger partial charge in [-0.15, -0.1) is 11.3 Å². The van der Waals surface area contributed by atoms with E-state index in [2.05, 4.69) is 0 Å². The SMILES string of the molecule is Cc1cc(C)c(S(=O)(=O)N2CCCC2C(=O)N(C)Cc2cccs2)c(C)c1. The molecule has 1 atom stereocenters. The molecular weight excluding hydrogens is 380 g/mol. The molecule has 0 saturated carbocycles. The van der Waals surface area contributed by atoms with Crippen molar-refractivity contribution in [2.24, 2.45) is 0 Å². The Kier molecular flexibility index (Phi) is 5.74. The average molecular weight is 407 g/mol. The van der Waals surface area contributed by atoms with E-state index in [1.165, 1.54) is 4.31 Å². The molecule has 1 unspecified atom stereocenters. The average Bonchev–Trinajstić information content (AvgIpc) is 3.24. The summed E-state index contributed by atoms with van der Waals surface area (Å²) >= 11 is 1.59. The molecule has 1 aliphatic heterocycles. The molecule has 27 heavy (non-hydrogen) atoms. The molecule has 0 aliphatic carbocycles. The minimum Gasteiger partial charge on any atom is -0.339 e. The highest BCUT2D eigenvalue weighted by atomic mass is 32.2. The van der Waals surface area contributed by atoms with Crippen LogP contribution in [0.1, 0.15) is 34.4 Å². The van der Waals surface area contributed by atoms with Gasteiger partial charge < -0.3 is 4.90 Å². The Labute approximate surface area is 165 Å². The highest BCUT2D eigenvalue weighted by Gasteiger charge is 2.41. The number of hydrogen-bond donors (Lipinski definition) is 0. The molecule has 1 amide bonds. The number of hydrogen-bond acceptors (Lipinski definition) is 4. The fourth-order valence-electron chi connectivity index (χ4n) is 3.93. The summed E-state index contributed by atoms with van der Waals surface area (Å²) in [6.45, 7) is 6.49. The van der Waals surface area contributed by atoms with E-state index in [0.29, 0.717) is 30.8 Å². The van der Waals surface area contributed by atoms with Crippen LogP contribution in [0.25, 0.3) is 0 Å². The van der Waals surface area contributed by atoms with Gasteiger partial charge in [0.15, 0.2) is 0 Å². The summed E-state index contributed by atoms with van der Waals surface area (Å²) in [6, 6.07) is 7.08. The van der Waals surface area contributed by atoms with Gasteiger partial charge in [-0.25, -0.2) is 8.42 Å². The van der Waals surface area contributed by atoms with Crippen molar-refractivity contribution in [2.75, 3.05) is 13.6 Å². The number of amides is 1. The molecule has 5 nitrogen and oxygen atoms in total. The van der Waals surface area contributed by atoms with Gasteiger partial charge in [0.2, 0.25) is 15.9 Å². The fraction of sp³-hybridized carbons (Fsp3) is 0.450.